The molecule has 0 bridgehead atoms. The fraction of sp³-hybridized carbons (Fsp3) is 0.692. The van der Waals surface area contributed by atoms with Crippen LogP contribution in [-0.4, -0.2) is 34.7 Å². The Hall–Kier alpha value is -0.690. The van der Waals surface area contributed by atoms with Crippen molar-refractivity contribution in [2.75, 3.05) is 13.1 Å². The first-order valence-electron chi connectivity index (χ1n) is 6.48. The first kappa shape index (κ1) is 15.7. The van der Waals surface area contributed by atoms with E-state index in [0.29, 0.717) is 22.7 Å². The third kappa shape index (κ3) is 3.69. The maximum Gasteiger partial charge on any atom is 0.410 e. The second-order valence-corrected chi connectivity index (χ2v) is 7.58. The monoisotopic (exact) mass is 364 g/mol. The van der Waals surface area contributed by atoms with Crippen LogP contribution < -0.4 is 0 Å². The molecule has 0 radical (unpaired) electrons. The summed E-state index contributed by atoms with van der Waals surface area (Å²) in [5.41, 5.74) is -1.96. The van der Waals surface area contributed by atoms with E-state index in [1.807, 2.05) is 20.8 Å². The van der Waals surface area contributed by atoms with E-state index in [2.05, 4.69) is 20.9 Å². The van der Waals surface area contributed by atoms with Crippen molar-refractivity contribution in [1.82, 2.24) is 9.88 Å². The molecule has 7 heteroatoms. The summed E-state index contributed by atoms with van der Waals surface area (Å²) < 4.78 is 20.8. The van der Waals surface area contributed by atoms with E-state index in [-0.39, 0.29) is 18.9 Å². The molecular formula is C13H18BrFN2O2S. The van der Waals surface area contributed by atoms with Gasteiger partial charge >= 0.3 is 6.09 Å². The molecule has 1 amide bonds. The summed E-state index contributed by atoms with van der Waals surface area (Å²) in [5, 5.41) is 2.25. The molecule has 1 aliphatic rings. The third-order valence-electron chi connectivity index (χ3n) is 3.07. The molecule has 1 aromatic rings. The fourth-order valence-electron chi connectivity index (χ4n) is 2.04. The number of aromatic nitrogens is 1. The molecule has 0 N–H and O–H groups in total. The number of hydrogen-bond donors (Lipinski definition) is 0. The molecule has 20 heavy (non-hydrogen) atoms. The molecule has 0 aromatic carbocycles. The zero-order chi connectivity index (χ0) is 15.0. The first-order valence-corrected chi connectivity index (χ1v) is 8.15. The minimum absolute atomic E-state index is 0.256. The zero-order valence-electron chi connectivity index (χ0n) is 11.8. The van der Waals surface area contributed by atoms with Crippen LogP contribution in [0.1, 0.15) is 38.6 Å². The topological polar surface area (TPSA) is 42.4 Å². The van der Waals surface area contributed by atoms with Gasteiger partial charge in [0.25, 0.3) is 0 Å². The summed E-state index contributed by atoms with van der Waals surface area (Å²) in [7, 11) is 0. The van der Waals surface area contributed by atoms with Crippen LogP contribution in [0.5, 0.6) is 0 Å². The van der Waals surface area contributed by atoms with Crippen molar-refractivity contribution in [3.8, 4) is 0 Å². The van der Waals surface area contributed by atoms with E-state index < -0.39 is 11.3 Å². The Morgan fingerprint density at radius 2 is 2.10 bits per heavy atom. The van der Waals surface area contributed by atoms with Gasteiger partial charge in [-0.25, -0.2) is 14.2 Å². The van der Waals surface area contributed by atoms with E-state index in [4.69, 9.17) is 4.74 Å². The second-order valence-electron chi connectivity index (χ2n) is 5.91. The molecule has 0 aliphatic carbocycles. The van der Waals surface area contributed by atoms with Gasteiger partial charge in [-0.1, -0.05) is 0 Å². The van der Waals surface area contributed by atoms with E-state index >= 15 is 0 Å². The third-order valence-corrected chi connectivity index (χ3v) is 4.80. The average Bonchev–Trinajstić information content (AvgIpc) is 2.75. The highest BCUT2D eigenvalue weighted by Crippen LogP contribution is 2.39. The quantitative estimate of drug-likeness (QED) is 0.753. The SMILES string of the molecule is CC(C)(C)OC(=O)N1CCC(F)(c2nc(Br)cs2)CC1. The molecule has 2 rings (SSSR count). The van der Waals surface area contributed by atoms with Gasteiger partial charge < -0.3 is 9.64 Å². The van der Waals surface area contributed by atoms with E-state index in [1.54, 1.807) is 10.3 Å². The van der Waals surface area contributed by atoms with Crippen molar-refractivity contribution in [3.05, 3.63) is 15.0 Å². The number of amides is 1. The number of thiazole rings is 1. The lowest BCUT2D eigenvalue weighted by Gasteiger charge is -2.35. The Kier molecular flexibility index (Phi) is 4.39. The lowest BCUT2D eigenvalue weighted by atomic mass is 9.94. The first-order chi connectivity index (χ1) is 9.20. The summed E-state index contributed by atoms with van der Waals surface area (Å²) in [6.45, 7) is 6.16. The molecule has 1 saturated heterocycles. The summed E-state index contributed by atoms with van der Waals surface area (Å²) in [6.07, 6.45) is 0.137. The number of rotatable bonds is 1. The highest BCUT2D eigenvalue weighted by molar-refractivity contribution is 9.10. The minimum Gasteiger partial charge on any atom is -0.444 e. The number of likely N-dealkylation sites (tertiary alicyclic amines) is 1. The number of piperidine rings is 1. The lowest BCUT2D eigenvalue weighted by Crippen LogP contribution is -2.45. The van der Waals surface area contributed by atoms with E-state index in [1.165, 1.54) is 11.3 Å². The highest BCUT2D eigenvalue weighted by atomic mass is 79.9. The average molecular weight is 365 g/mol. The molecule has 2 heterocycles. The predicted molar refractivity (Wildman–Crippen MR) is 79.6 cm³/mol. The van der Waals surface area contributed by atoms with Crippen molar-refractivity contribution < 1.29 is 13.9 Å². The molecule has 4 nitrogen and oxygen atoms in total. The Bertz CT molecular complexity index is 493. The van der Waals surface area contributed by atoms with Gasteiger partial charge in [0.05, 0.1) is 0 Å². The van der Waals surface area contributed by atoms with Gasteiger partial charge in [0.15, 0.2) is 5.67 Å². The number of carbonyl (C=O) groups is 1. The van der Waals surface area contributed by atoms with Gasteiger partial charge in [0.2, 0.25) is 0 Å². The highest BCUT2D eigenvalue weighted by Gasteiger charge is 2.40. The van der Waals surface area contributed by atoms with Crippen molar-refractivity contribution in [3.63, 3.8) is 0 Å². The Morgan fingerprint density at radius 3 is 2.55 bits per heavy atom. The number of hydrogen-bond acceptors (Lipinski definition) is 4. The second kappa shape index (κ2) is 5.60. The summed E-state index contributed by atoms with van der Waals surface area (Å²) in [6, 6.07) is 0. The van der Waals surface area contributed by atoms with Gasteiger partial charge in [-0.2, -0.15) is 0 Å². The molecule has 112 valence electrons. The fourth-order valence-corrected chi connectivity index (χ4v) is 3.45. The zero-order valence-corrected chi connectivity index (χ0v) is 14.2. The minimum atomic E-state index is -1.44. The normalized spacial score (nSPS) is 18.9. The Balaban J connectivity index is 1.97. The molecule has 1 fully saturated rings. The molecule has 0 spiro atoms. The van der Waals surface area contributed by atoms with Crippen LogP contribution in [0, 0.1) is 0 Å². The van der Waals surface area contributed by atoms with Gasteiger partial charge in [-0.05, 0) is 36.7 Å². The molecular weight excluding hydrogens is 347 g/mol. The molecule has 0 atom stereocenters. The maximum absolute atomic E-state index is 14.8. The van der Waals surface area contributed by atoms with Gasteiger partial charge in [-0.15, -0.1) is 11.3 Å². The maximum atomic E-state index is 14.8. The van der Waals surface area contributed by atoms with Crippen LogP contribution >= 0.6 is 27.3 Å². The smallest absolute Gasteiger partial charge is 0.410 e. The Morgan fingerprint density at radius 1 is 1.50 bits per heavy atom. The summed E-state index contributed by atoms with van der Waals surface area (Å²) >= 11 is 4.55. The van der Waals surface area contributed by atoms with E-state index in [0.717, 1.165) is 0 Å². The van der Waals surface area contributed by atoms with Crippen LogP contribution in [0.2, 0.25) is 0 Å². The van der Waals surface area contributed by atoms with Crippen LogP contribution in [-0.2, 0) is 10.4 Å². The molecule has 0 saturated carbocycles. The number of nitrogens with zero attached hydrogens (tertiary/aromatic N) is 2. The molecule has 0 unspecified atom stereocenters. The van der Waals surface area contributed by atoms with Gasteiger partial charge in [0, 0.05) is 31.3 Å². The number of alkyl halides is 1. The van der Waals surface area contributed by atoms with Crippen LogP contribution in [0.4, 0.5) is 9.18 Å². The van der Waals surface area contributed by atoms with Crippen molar-refractivity contribution >= 4 is 33.4 Å². The standard InChI is InChI=1S/C13H18BrFN2O2S/c1-12(2,3)19-11(18)17-6-4-13(15,5-7-17)10-16-9(14)8-20-10/h8H,4-7H2,1-3H3. The van der Waals surface area contributed by atoms with Gasteiger partial charge in [0.1, 0.15) is 15.2 Å². The summed E-state index contributed by atoms with van der Waals surface area (Å²) in [4.78, 5) is 17.6. The summed E-state index contributed by atoms with van der Waals surface area (Å²) in [5.74, 6) is 0. The number of ether oxygens (including phenoxy) is 1. The van der Waals surface area contributed by atoms with Crippen LogP contribution in [0.15, 0.2) is 9.98 Å². The van der Waals surface area contributed by atoms with Crippen molar-refractivity contribution in [1.29, 1.82) is 0 Å². The van der Waals surface area contributed by atoms with E-state index in [9.17, 15) is 9.18 Å². The predicted octanol–water partition coefficient (Wildman–Crippen LogP) is 4.10. The van der Waals surface area contributed by atoms with Crippen molar-refractivity contribution in [2.45, 2.75) is 44.9 Å². The van der Waals surface area contributed by atoms with Crippen LogP contribution in [0.3, 0.4) is 0 Å². The lowest BCUT2D eigenvalue weighted by molar-refractivity contribution is 0.00214. The number of halogens is 2. The van der Waals surface area contributed by atoms with Crippen LogP contribution in [0.25, 0.3) is 0 Å². The van der Waals surface area contributed by atoms with Gasteiger partial charge in [-0.3, -0.25) is 0 Å². The number of carbonyl (C=O) groups excluding carboxylic acids is 1. The molecule has 1 aliphatic heterocycles. The Labute approximate surface area is 130 Å². The molecule has 1 aromatic heterocycles. The van der Waals surface area contributed by atoms with Crippen molar-refractivity contribution in [2.24, 2.45) is 0 Å². The largest absolute Gasteiger partial charge is 0.444 e.